The second-order valence-corrected chi connectivity index (χ2v) is 5.57. The van der Waals surface area contributed by atoms with Crippen LogP contribution in [0.3, 0.4) is 0 Å². The van der Waals surface area contributed by atoms with Crippen LogP contribution in [-0.2, 0) is 4.79 Å². The molecule has 5 heteroatoms. The van der Waals surface area contributed by atoms with Crippen molar-refractivity contribution < 1.29 is 4.79 Å². The summed E-state index contributed by atoms with van der Waals surface area (Å²) in [5, 5.41) is 0. The van der Waals surface area contributed by atoms with Crippen molar-refractivity contribution in [2.24, 2.45) is 11.8 Å². The van der Waals surface area contributed by atoms with Crippen molar-refractivity contribution in [3.8, 4) is 0 Å². The van der Waals surface area contributed by atoms with Gasteiger partial charge < -0.3 is 9.80 Å². The van der Waals surface area contributed by atoms with Gasteiger partial charge in [-0.1, -0.05) is 0 Å². The van der Waals surface area contributed by atoms with Crippen LogP contribution in [0.5, 0.6) is 0 Å². The predicted octanol–water partition coefficient (Wildman–Crippen LogP) is 0.420. The average Bonchev–Trinajstić information content (AvgIpc) is 2.35. The Morgan fingerprint density at radius 3 is 2.56 bits per heavy atom. The highest BCUT2D eigenvalue weighted by Crippen LogP contribution is 2.18. The lowest BCUT2D eigenvalue weighted by atomic mass is 9.96. The largest absolute Gasteiger partial charge is 0.309 e. The lowest BCUT2D eigenvalue weighted by Gasteiger charge is -2.33. The molecule has 0 aromatic rings. The van der Waals surface area contributed by atoms with Crippen LogP contribution >= 0.6 is 0 Å². The number of hydrazine groups is 1. The molecule has 106 valence electrons. The summed E-state index contributed by atoms with van der Waals surface area (Å²) >= 11 is 0. The molecule has 0 bridgehead atoms. The summed E-state index contributed by atoms with van der Waals surface area (Å²) in [6.45, 7) is 4.75. The minimum Gasteiger partial charge on any atom is -0.309 e. The van der Waals surface area contributed by atoms with E-state index >= 15 is 0 Å². The van der Waals surface area contributed by atoms with E-state index in [1.54, 1.807) is 0 Å². The molecule has 1 amide bonds. The summed E-state index contributed by atoms with van der Waals surface area (Å²) in [5.41, 5.74) is 2.17. The van der Waals surface area contributed by atoms with Gasteiger partial charge in [0.2, 0.25) is 5.91 Å². The molecule has 1 aliphatic rings. The molecule has 0 aromatic heterocycles. The smallest absolute Gasteiger partial charge is 0.233 e. The van der Waals surface area contributed by atoms with Gasteiger partial charge in [-0.3, -0.25) is 10.2 Å². The molecule has 1 saturated heterocycles. The van der Waals surface area contributed by atoms with Gasteiger partial charge in [-0.05, 0) is 65.3 Å². The van der Waals surface area contributed by atoms with Crippen LogP contribution < -0.4 is 11.3 Å². The Kier molecular flexibility index (Phi) is 7.23. The Morgan fingerprint density at radius 1 is 1.33 bits per heavy atom. The van der Waals surface area contributed by atoms with E-state index in [0.29, 0.717) is 6.42 Å². The molecular formula is C13H28N4O. The van der Waals surface area contributed by atoms with Crippen molar-refractivity contribution in [3.05, 3.63) is 0 Å². The van der Waals surface area contributed by atoms with E-state index in [0.717, 1.165) is 25.3 Å². The molecule has 1 fully saturated rings. The quantitative estimate of drug-likeness (QED) is 0.300. The number of unbranched alkanes of at least 4 members (excludes halogenated alkanes) is 1. The predicted molar refractivity (Wildman–Crippen MR) is 73.9 cm³/mol. The van der Waals surface area contributed by atoms with Gasteiger partial charge in [0.15, 0.2) is 0 Å². The molecule has 3 N–H and O–H groups in total. The zero-order valence-electron chi connectivity index (χ0n) is 11.8. The standard InChI is InChI=1S/C13H28N4O/c1-16(2)11-12-6-9-17(10-7-12)8-4-3-5-13(18)15-14/h12H,3-11,14H2,1-2H3,(H,15,18). The first-order chi connectivity index (χ1) is 8.61. The van der Waals surface area contributed by atoms with Crippen LogP contribution in [-0.4, -0.2) is 56.0 Å². The average molecular weight is 256 g/mol. The number of nitrogens with two attached hydrogens (primary N) is 1. The lowest BCUT2D eigenvalue weighted by Crippen LogP contribution is -2.37. The first-order valence-corrected chi connectivity index (χ1v) is 6.98. The summed E-state index contributed by atoms with van der Waals surface area (Å²) in [7, 11) is 4.30. The van der Waals surface area contributed by atoms with E-state index in [9.17, 15) is 4.79 Å². The molecule has 1 rings (SSSR count). The zero-order chi connectivity index (χ0) is 13.4. The van der Waals surface area contributed by atoms with Gasteiger partial charge >= 0.3 is 0 Å². The van der Waals surface area contributed by atoms with Gasteiger partial charge in [0.25, 0.3) is 0 Å². The van der Waals surface area contributed by atoms with Gasteiger partial charge in [-0.15, -0.1) is 0 Å². The van der Waals surface area contributed by atoms with Gasteiger partial charge in [-0.2, -0.15) is 0 Å². The van der Waals surface area contributed by atoms with Crippen LogP contribution in [0.15, 0.2) is 0 Å². The fraction of sp³-hybridized carbons (Fsp3) is 0.923. The third-order valence-corrected chi connectivity index (χ3v) is 3.62. The van der Waals surface area contributed by atoms with Gasteiger partial charge in [0.05, 0.1) is 0 Å². The van der Waals surface area contributed by atoms with Crippen molar-refractivity contribution >= 4 is 5.91 Å². The van der Waals surface area contributed by atoms with Crippen LogP contribution in [0.25, 0.3) is 0 Å². The molecule has 0 spiro atoms. The molecule has 1 heterocycles. The maximum Gasteiger partial charge on any atom is 0.233 e. The van der Waals surface area contributed by atoms with Crippen LogP contribution in [0.4, 0.5) is 0 Å². The molecular weight excluding hydrogens is 228 g/mol. The molecule has 0 aromatic carbocycles. The van der Waals surface area contributed by atoms with Crippen LogP contribution in [0.2, 0.25) is 0 Å². The molecule has 18 heavy (non-hydrogen) atoms. The molecule has 0 unspecified atom stereocenters. The number of likely N-dealkylation sites (tertiary alicyclic amines) is 1. The Hall–Kier alpha value is -0.650. The zero-order valence-corrected chi connectivity index (χ0v) is 11.8. The number of carbonyl (C=O) groups is 1. The Balaban J connectivity index is 2.03. The Morgan fingerprint density at radius 2 is 2.00 bits per heavy atom. The van der Waals surface area contributed by atoms with Crippen molar-refractivity contribution in [2.45, 2.75) is 32.1 Å². The lowest BCUT2D eigenvalue weighted by molar-refractivity contribution is -0.121. The SMILES string of the molecule is CN(C)CC1CCN(CCCCC(=O)NN)CC1. The fourth-order valence-corrected chi connectivity index (χ4v) is 2.60. The van der Waals surface area contributed by atoms with E-state index in [1.807, 2.05) is 0 Å². The minimum absolute atomic E-state index is 0.0558. The summed E-state index contributed by atoms with van der Waals surface area (Å²) in [6.07, 6.45) is 5.18. The normalized spacial score (nSPS) is 18.2. The second-order valence-electron chi connectivity index (χ2n) is 5.57. The number of hydrogen-bond acceptors (Lipinski definition) is 4. The van der Waals surface area contributed by atoms with E-state index in [2.05, 4.69) is 29.3 Å². The third-order valence-electron chi connectivity index (χ3n) is 3.62. The van der Waals surface area contributed by atoms with Gasteiger partial charge in [-0.25, -0.2) is 5.84 Å². The van der Waals surface area contributed by atoms with Crippen molar-refractivity contribution in [2.75, 3.05) is 40.3 Å². The van der Waals surface area contributed by atoms with E-state index < -0.39 is 0 Å². The van der Waals surface area contributed by atoms with E-state index in [4.69, 9.17) is 5.84 Å². The van der Waals surface area contributed by atoms with Crippen LogP contribution in [0.1, 0.15) is 32.1 Å². The van der Waals surface area contributed by atoms with Crippen LogP contribution in [0, 0.1) is 5.92 Å². The number of nitrogens with zero attached hydrogens (tertiary/aromatic N) is 2. The highest BCUT2D eigenvalue weighted by Gasteiger charge is 2.18. The number of rotatable bonds is 7. The Bertz CT molecular complexity index is 237. The number of amides is 1. The summed E-state index contributed by atoms with van der Waals surface area (Å²) in [5.74, 6) is 5.84. The molecule has 1 aliphatic heterocycles. The monoisotopic (exact) mass is 256 g/mol. The summed E-state index contributed by atoms with van der Waals surface area (Å²) in [6, 6.07) is 0. The van der Waals surface area contributed by atoms with E-state index in [1.165, 1.54) is 32.5 Å². The first kappa shape index (κ1) is 15.4. The maximum absolute atomic E-state index is 11.0. The van der Waals surface area contributed by atoms with Gasteiger partial charge in [0, 0.05) is 13.0 Å². The van der Waals surface area contributed by atoms with Crippen molar-refractivity contribution in [3.63, 3.8) is 0 Å². The second kappa shape index (κ2) is 8.45. The first-order valence-electron chi connectivity index (χ1n) is 6.98. The molecule has 0 radical (unpaired) electrons. The molecule has 5 nitrogen and oxygen atoms in total. The number of carbonyl (C=O) groups excluding carboxylic acids is 1. The van der Waals surface area contributed by atoms with Crippen molar-refractivity contribution in [1.82, 2.24) is 15.2 Å². The number of piperidine rings is 1. The molecule has 0 aliphatic carbocycles. The van der Waals surface area contributed by atoms with Gasteiger partial charge in [0.1, 0.15) is 0 Å². The molecule has 0 atom stereocenters. The highest BCUT2D eigenvalue weighted by molar-refractivity contribution is 5.75. The molecule has 0 saturated carbocycles. The highest BCUT2D eigenvalue weighted by atomic mass is 16.2. The third kappa shape index (κ3) is 6.33. The maximum atomic E-state index is 11.0. The fourth-order valence-electron chi connectivity index (χ4n) is 2.60. The topological polar surface area (TPSA) is 61.6 Å². The Labute approximate surface area is 111 Å². The summed E-state index contributed by atoms with van der Waals surface area (Å²) < 4.78 is 0. The van der Waals surface area contributed by atoms with Crippen molar-refractivity contribution in [1.29, 1.82) is 0 Å². The van der Waals surface area contributed by atoms with E-state index in [-0.39, 0.29) is 5.91 Å². The minimum atomic E-state index is -0.0558. The number of hydrogen-bond donors (Lipinski definition) is 2. The number of nitrogens with one attached hydrogen (secondary N) is 1. The summed E-state index contributed by atoms with van der Waals surface area (Å²) in [4.78, 5) is 15.8.